The molecule has 1 atom stereocenters. The zero-order valence-electron chi connectivity index (χ0n) is 18.3. The number of aromatic nitrogens is 1. The van der Waals surface area contributed by atoms with E-state index in [0.29, 0.717) is 22.7 Å². The smallest absolute Gasteiger partial charge is 0.266 e. The lowest BCUT2D eigenvalue weighted by atomic mass is 10.1. The highest BCUT2D eigenvalue weighted by Crippen LogP contribution is 2.36. The van der Waals surface area contributed by atoms with Crippen molar-refractivity contribution in [3.05, 3.63) is 65.2 Å². The molecule has 0 bridgehead atoms. The number of amides is 1. The van der Waals surface area contributed by atoms with Gasteiger partial charge in [0.1, 0.15) is 5.75 Å². The molecule has 3 aromatic rings. The van der Waals surface area contributed by atoms with E-state index in [-0.39, 0.29) is 5.91 Å². The van der Waals surface area contributed by atoms with Gasteiger partial charge in [0.15, 0.2) is 5.17 Å². The summed E-state index contributed by atoms with van der Waals surface area (Å²) in [7, 11) is 1.64. The Kier molecular flexibility index (Phi) is 6.18. The van der Waals surface area contributed by atoms with Gasteiger partial charge in [-0.2, -0.15) is 0 Å². The van der Waals surface area contributed by atoms with Crippen LogP contribution in [-0.4, -0.2) is 34.2 Å². The second-order valence-corrected chi connectivity index (χ2v) is 8.53. The summed E-state index contributed by atoms with van der Waals surface area (Å²) in [6.07, 6.45) is 5.21. The molecular formula is C25H27N3O2S. The van der Waals surface area contributed by atoms with Crippen LogP contribution in [0.5, 0.6) is 5.75 Å². The summed E-state index contributed by atoms with van der Waals surface area (Å²) in [4.78, 5) is 20.3. The molecule has 0 saturated carbocycles. The van der Waals surface area contributed by atoms with Crippen molar-refractivity contribution in [2.24, 2.45) is 4.99 Å². The van der Waals surface area contributed by atoms with Crippen LogP contribution >= 0.6 is 11.8 Å². The van der Waals surface area contributed by atoms with Crippen molar-refractivity contribution in [3.8, 4) is 5.75 Å². The lowest BCUT2D eigenvalue weighted by Crippen LogP contribution is -2.28. The minimum absolute atomic E-state index is 0.000123. The summed E-state index contributed by atoms with van der Waals surface area (Å²) in [5.74, 6) is 0.782. The van der Waals surface area contributed by atoms with Crippen molar-refractivity contribution < 1.29 is 9.53 Å². The van der Waals surface area contributed by atoms with E-state index < -0.39 is 0 Å². The molecule has 1 aliphatic rings. The number of para-hydroxylation sites is 1. The molecule has 0 N–H and O–H groups in total. The third-order valence-electron chi connectivity index (χ3n) is 5.63. The molecule has 4 rings (SSSR count). The largest absolute Gasteiger partial charge is 0.497 e. The van der Waals surface area contributed by atoms with Gasteiger partial charge in [-0.1, -0.05) is 25.1 Å². The predicted molar refractivity (Wildman–Crippen MR) is 130 cm³/mol. The number of ether oxygens (including phenoxy) is 1. The Balaban J connectivity index is 1.72. The summed E-state index contributed by atoms with van der Waals surface area (Å²) >= 11 is 1.43. The van der Waals surface area contributed by atoms with Crippen molar-refractivity contribution in [1.29, 1.82) is 0 Å². The molecule has 1 saturated heterocycles. The maximum absolute atomic E-state index is 13.1. The topological polar surface area (TPSA) is 46.8 Å². The molecule has 0 spiro atoms. The molecule has 0 unspecified atom stereocenters. The molecule has 1 aromatic heterocycles. The zero-order valence-corrected chi connectivity index (χ0v) is 19.1. The molecule has 5 nitrogen and oxygen atoms in total. The maximum atomic E-state index is 13.1. The van der Waals surface area contributed by atoms with Crippen molar-refractivity contribution in [1.82, 2.24) is 9.47 Å². The second kappa shape index (κ2) is 9.02. The van der Waals surface area contributed by atoms with Crippen LogP contribution in [0.3, 0.4) is 0 Å². The van der Waals surface area contributed by atoms with Crippen molar-refractivity contribution in [2.45, 2.75) is 33.2 Å². The molecule has 1 aliphatic heterocycles. The predicted octanol–water partition coefficient (Wildman–Crippen LogP) is 6.24. The maximum Gasteiger partial charge on any atom is 0.266 e. The highest BCUT2D eigenvalue weighted by Gasteiger charge is 2.32. The summed E-state index contributed by atoms with van der Waals surface area (Å²) in [5, 5.41) is 1.86. The number of hydrogen-bond donors (Lipinski definition) is 0. The number of thioether (sulfide) groups is 1. The van der Waals surface area contributed by atoms with E-state index in [0.717, 1.165) is 28.8 Å². The third-order valence-corrected chi connectivity index (χ3v) is 6.63. The molecular weight excluding hydrogens is 406 g/mol. The van der Waals surface area contributed by atoms with E-state index in [4.69, 9.17) is 9.73 Å². The average Bonchev–Trinajstić information content (AvgIpc) is 3.31. The quantitative estimate of drug-likeness (QED) is 0.432. The highest BCUT2D eigenvalue weighted by atomic mass is 32.2. The number of carbonyl (C=O) groups excluding carboxylic acids is 1. The van der Waals surface area contributed by atoms with Crippen LogP contribution < -0.4 is 4.74 Å². The van der Waals surface area contributed by atoms with E-state index >= 15 is 0 Å². The lowest BCUT2D eigenvalue weighted by Gasteiger charge is -2.12. The van der Waals surface area contributed by atoms with E-state index in [9.17, 15) is 4.79 Å². The monoisotopic (exact) mass is 433 g/mol. The minimum atomic E-state index is 0.000123. The van der Waals surface area contributed by atoms with Crippen molar-refractivity contribution in [2.75, 3.05) is 13.7 Å². The summed E-state index contributed by atoms with van der Waals surface area (Å²) < 4.78 is 7.52. The normalized spacial score (nSPS) is 17.8. The lowest BCUT2D eigenvalue weighted by molar-refractivity contribution is -0.122. The van der Waals surface area contributed by atoms with Gasteiger partial charge in [-0.15, -0.1) is 0 Å². The molecule has 0 radical (unpaired) electrons. The Hall–Kier alpha value is -2.99. The molecule has 2 aromatic carbocycles. The number of aliphatic imine (C=N–C) groups is 1. The zero-order chi connectivity index (χ0) is 22.0. The molecule has 2 heterocycles. The van der Waals surface area contributed by atoms with Gasteiger partial charge in [0.2, 0.25) is 0 Å². The number of hydrogen-bond acceptors (Lipinski definition) is 4. The minimum Gasteiger partial charge on any atom is -0.497 e. The Labute approximate surface area is 187 Å². The number of likely N-dealkylation sites (N-methyl/N-ethyl adjacent to an activating group) is 1. The highest BCUT2D eigenvalue weighted by molar-refractivity contribution is 8.18. The van der Waals surface area contributed by atoms with Gasteiger partial charge in [0.05, 0.1) is 17.7 Å². The first-order valence-corrected chi connectivity index (χ1v) is 11.4. The first kappa shape index (κ1) is 21.2. The number of methoxy groups -OCH3 is 1. The van der Waals surface area contributed by atoms with Crippen LogP contribution in [0.2, 0.25) is 0 Å². The van der Waals surface area contributed by atoms with Gasteiger partial charge in [-0.3, -0.25) is 9.69 Å². The first-order chi connectivity index (χ1) is 15.0. The molecule has 0 aliphatic carbocycles. The summed E-state index contributed by atoms with van der Waals surface area (Å²) in [6, 6.07) is 16.3. The van der Waals surface area contributed by atoms with E-state index in [1.807, 2.05) is 43.3 Å². The van der Waals surface area contributed by atoms with Crippen LogP contribution in [0.15, 0.2) is 64.6 Å². The first-order valence-electron chi connectivity index (χ1n) is 10.6. The van der Waals surface area contributed by atoms with E-state index in [2.05, 4.69) is 42.8 Å². The molecule has 31 heavy (non-hydrogen) atoms. The van der Waals surface area contributed by atoms with Gasteiger partial charge in [-0.25, -0.2) is 4.99 Å². The Bertz CT molecular complexity index is 1160. The fourth-order valence-corrected chi connectivity index (χ4v) is 4.74. The number of benzene rings is 2. The van der Waals surface area contributed by atoms with Crippen LogP contribution in [0, 0.1) is 0 Å². The molecule has 6 heteroatoms. The number of rotatable bonds is 6. The summed E-state index contributed by atoms with van der Waals surface area (Å²) in [6.45, 7) is 6.96. The fourth-order valence-electron chi connectivity index (χ4n) is 3.69. The second-order valence-electron chi connectivity index (χ2n) is 7.52. The van der Waals surface area contributed by atoms with Gasteiger partial charge in [0.25, 0.3) is 5.91 Å². The third kappa shape index (κ3) is 4.12. The molecule has 1 amide bonds. The standard InChI is InChI=1S/C25H27N3O2S/c1-5-17(3)28-16-18(21-9-7-8-10-22(21)28)15-23-24(29)27(6-2)25(31-23)26-19-11-13-20(30-4)14-12-19/h7-17H,5-6H2,1-4H3/b23-15+,26-25?/t17-/m1/s1. The van der Waals surface area contributed by atoms with Crippen molar-refractivity contribution >= 4 is 45.5 Å². The van der Waals surface area contributed by atoms with Crippen LogP contribution in [0.1, 0.15) is 38.8 Å². The average molecular weight is 434 g/mol. The summed E-state index contributed by atoms with van der Waals surface area (Å²) in [5.41, 5.74) is 3.05. The van der Waals surface area contributed by atoms with Gasteiger partial charge in [0, 0.05) is 35.2 Å². The van der Waals surface area contributed by atoms with Crippen LogP contribution in [0.25, 0.3) is 17.0 Å². The fraction of sp³-hybridized carbons (Fsp3) is 0.280. The SMILES string of the molecule is CC[C@@H](C)n1cc(/C=C2/SC(=Nc3ccc(OC)cc3)N(CC)C2=O)c2ccccc21. The van der Waals surface area contributed by atoms with Crippen LogP contribution in [0.4, 0.5) is 5.69 Å². The van der Waals surface area contributed by atoms with E-state index in [1.165, 1.54) is 17.3 Å². The Morgan fingerprint density at radius 2 is 1.87 bits per heavy atom. The number of amidine groups is 1. The van der Waals surface area contributed by atoms with Gasteiger partial charge >= 0.3 is 0 Å². The number of carbonyl (C=O) groups is 1. The van der Waals surface area contributed by atoms with Crippen LogP contribution in [-0.2, 0) is 4.79 Å². The Morgan fingerprint density at radius 3 is 2.55 bits per heavy atom. The van der Waals surface area contributed by atoms with Gasteiger partial charge < -0.3 is 9.30 Å². The molecule has 160 valence electrons. The van der Waals surface area contributed by atoms with E-state index in [1.54, 1.807) is 12.0 Å². The number of nitrogens with zero attached hydrogens (tertiary/aromatic N) is 3. The molecule has 1 fully saturated rings. The number of fused-ring (bicyclic) bond motifs is 1. The van der Waals surface area contributed by atoms with Crippen molar-refractivity contribution in [3.63, 3.8) is 0 Å². The van der Waals surface area contributed by atoms with Gasteiger partial charge in [-0.05, 0) is 68.4 Å². The Morgan fingerprint density at radius 1 is 1.13 bits per heavy atom.